The number of benzene rings is 1. The molecule has 2 fully saturated rings. The van der Waals surface area contributed by atoms with Crippen LogP contribution in [0.15, 0.2) is 24.3 Å². The van der Waals surface area contributed by atoms with Crippen LogP contribution < -0.4 is 10.2 Å². The summed E-state index contributed by atoms with van der Waals surface area (Å²) in [7, 11) is 0. The maximum Gasteiger partial charge on any atom is 0.253 e. The normalized spacial score (nSPS) is 25.3. The van der Waals surface area contributed by atoms with E-state index >= 15 is 0 Å². The quantitative estimate of drug-likeness (QED) is 0.627. The summed E-state index contributed by atoms with van der Waals surface area (Å²) in [6, 6.07) is 7.42. The van der Waals surface area contributed by atoms with Crippen molar-refractivity contribution in [3.8, 4) is 0 Å². The number of hydrogen-bond donors (Lipinski definition) is 2. The number of hydrogen-bond acceptors (Lipinski definition) is 4. The van der Waals surface area contributed by atoms with Gasteiger partial charge in [0, 0.05) is 49.9 Å². The first-order valence-corrected chi connectivity index (χ1v) is 11.8. The molecule has 1 saturated carbocycles. The van der Waals surface area contributed by atoms with Crippen molar-refractivity contribution in [2.75, 3.05) is 24.6 Å². The van der Waals surface area contributed by atoms with E-state index in [0.717, 1.165) is 25.2 Å². The summed E-state index contributed by atoms with van der Waals surface area (Å²) in [5, 5.41) is 13.4. The van der Waals surface area contributed by atoms with E-state index in [0.29, 0.717) is 34.3 Å². The molecular weight excluding hydrogens is 436 g/mol. The predicted octanol–water partition coefficient (Wildman–Crippen LogP) is 5.04. The second-order valence-electron chi connectivity index (χ2n) is 9.09. The lowest BCUT2D eigenvalue weighted by atomic mass is 9.86. The molecule has 1 aliphatic heterocycles. The van der Waals surface area contributed by atoms with Gasteiger partial charge in [0.1, 0.15) is 5.82 Å². The number of nitrogens with zero attached hydrogens (tertiary/aromatic N) is 2. The van der Waals surface area contributed by atoms with E-state index in [1.165, 1.54) is 0 Å². The van der Waals surface area contributed by atoms with Gasteiger partial charge in [0.05, 0.1) is 16.1 Å². The van der Waals surface area contributed by atoms with Crippen molar-refractivity contribution in [3.63, 3.8) is 0 Å². The average molecular weight is 466 g/mol. The van der Waals surface area contributed by atoms with Crippen LogP contribution in [0.25, 0.3) is 10.9 Å². The molecule has 1 aromatic carbocycles. The molecule has 3 atom stereocenters. The molecule has 4 rings (SSSR count). The fourth-order valence-corrected chi connectivity index (χ4v) is 5.55. The molecule has 0 bridgehead atoms. The third-order valence-electron chi connectivity index (χ3n) is 6.96. The van der Waals surface area contributed by atoms with Gasteiger partial charge in [0.15, 0.2) is 0 Å². The number of aliphatic hydroxyl groups excluding tert-OH is 1. The maximum atomic E-state index is 13.7. The molecule has 1 saturated heterocycles. The van der Waals surface area contributed by atoms with Crippen molar-refractivity contribution in [3.05, 3.63) is 34.9 Å². The summed E-state index contributed by atoms with van der Waals surface area (Å²) in [5.74, 6) is -2.19. The number of rotatable bonds is 6. The van der Waals surface area contributed by atoms with Crippen molar-refractivity contribution in [2.45, 2.75) is 57.4 Å². The average Bonchev–Trinajstić information content (AvgIpc) is 3.19. The van der Waals surface area contributed by atoms with E-state index in [1.54, 1.807) is 12.1 Å². The Kier molecular flexibility index (Phi) is 6.86. The second kappa shape index (κ2) is 9.48. The maximum absolute atomic E-state index is 13.7. The van der Waals surface area contributed by atoms with Gasteiger partial charge in [0.25, 0.3) is 5.91 Å². The van der Waals surface area contributed by atoms with Gasteiger partial charge in [0.2, 0.25) is 5.92 Å². The molecule has 2 unspecified atom stereocenters. The minimum atomic E-state index is -2.65. The first kappa shape index (κ1) is 23.2. The van der Waals surface area contributed by atoms with Crippen LogP contribution in [0.3, 0.4) is 0 Å². The van der Waals surface area contributed by atoms with Crippen LogP contribution in [0.5, 0.6) is 0 Å². The Balaban J connectivity index is 1.54. The molecule has 32 heavy (non-hydrogen) atoms. The first-order chi connectivity index (χ1) is 15.3. The van der Waals surface area contributed by atoms with Gasteiger partial charge in [-0.3, -0.25) is 4.79 Å². The monoisotopic (exact) mass is 465 g/mol. The summed E-state index contributed by atoms with van der Waals surface area (Å²) in [5.41, 5.74) is 0.982. The van der Waals surface area contributed by atoms with E-state index in [1.807, 2.05) is 12.1 Å². The van der Waals surface area contributed by atoms with Crippen molar-refractivity contribution in [1.82, 2.24) is 10.3 Å². The lowest BCUT2D eigenvalue weighted by Crippen LogP contribution is -2.35. The molecule has 174 valence electrons. The number of aliphatic hydroxyl groups is 1. The van der Waals surface area contributed by atoms with Gasteiger partial charge < -0.3 is 15.3 Å². The number of anilines is 1. The molecule has 2 aliphatic rings. The molecule has 2 N–H and O–H groups in total. The number of pyridine rings is 1. The zero-order valence-electron chi connectivity index (χ0n) is 18.3. The molecule has 2 heterocycles. The zero-order chi connectivity index (χ0) is 22.9. The molecule has 1 aliphatic carbocycles. The number of alkyl halides is 2. The largest absolute Gasteiger partial charge is 0.396 e. The Morgan fingerprint density at radius 2 is 2.12 bits per heavy atom. The summed E-state index contributed by atoms with van der Waals surface area (Å²) >= 11 is 6.37. The molecule has 5 nitrogen and oxygen atoms in total. The van der Waals surface area contributed by atoms with Gasteiger partial charge in [-0.2, -0.15) is 0 Å². The Hall–Kier alpha value is -1.99. The van der Waals surface area contributed by atoms with Gasteiger partial charge in [-0.25, -0.2) is 13.8 Å². The topological polar surface area (TPSA) is 65.5 Å². The molecule has 1 amide bonds. The molecule has 2 aromatic rings. The number of halogens is 3. The summed E-state index contributed by atoms with van der Waals surface area (Å²) in [4.78, 5) is 20.0. The zero-order valence-corrected chi connectivity index (χ0v) is 19.0. The van der Waals surface area contributed by atoms with Crippen LogP contribution in [-0.4, -0.2) is 47.7 Å². The number of fused-ring (bicyclic) bond motifs is 1. The van der Waals surface area contributed by atoms with Crippen molar-refractivity contribution in [1.29, 1.82) is 0 Å². The van der Waals surface area contributed by atoms with Gasteiger partial charge in [-0.05, 0) is 55.9 Å². The third kappa shape index (κ3) is 4.69. The van der Waals surface area contributed by atoms with E-state index < -0.39 is 5.92 Å². The van der Waals surface area contributed by atoms with Gasteiger partial charge in [-0.15, -0.1) is 0 Å². The van der Waals surface area contributed by atoms with E-state index in [9.17, 15) is 18.7 Å². The lowest BCUT2D eigenvalue weighted by Gasteiger charge is -2.29. The number of carbonyl (C=O) groups is 1. The highest BCUT2D eigenvalue weighted by molar-refractivity contribution is 6.35. The number of aromatic nitrogens is 1. The summed E-state index contributed by atoms with van der Waals surface area (Å²) in [6.07, 6.45) is 2.73. The minimum Gasteiger partial charge on any atom is -0.396 e. The standard InChI is InChI=1S/C24H30ClF2N3O2/c1-2-20-16(14-31)9-11-30(20)21-8-5-17-19(29-21)7-6-18(25)22(17)23(32)28-13-15-4-3-10-24(26,27)12-15/h5-8,15-16,20,31H,2-4,9-14H2,1H3,(H,28,32)/t15?,16?,20-/m1/s1. The molecule has 1 aromatic heterocycles. The lowest BCUT2D eigenvalue weighted by molar-refractivity contribution is -0.0518. The van der Waals surface area contributed by atoms with Crippen molar-refractivity contribution < 1.29 is 18.7 Å². The Bertz CT molecular complexity index is 987. The predicted molar refractivity (Wildman–Crippen MR) is 123 cm³/mol. The second-order valence-corrected chi connectivity index (χ2v) is 9.49. The van der Waals surface area contributed by atoms with Crippen molar-refractivity contribution in [2.24, 2.45) is 11.8 Å². The minimum absolute atomic E-state index is 0.0739. The van der Waals surface area contributed by atoms with E-state index in [4.69, 9.17) is 16.6 Å². The fourth-order valence-electron chi connectivity index (χ4n) is 5.30. The number of nitrogens with one attached hydrogen (secondary N) is 1. The SMILES string of the molecule is CC[C@@H]1C(CO)CCN1c1ccc2c(C(=O)NCC3CCCC(F)(F)C3)c(Cl)ccc2n1. The highest BCUT2D eigenvalue weighted by atomic mass is 35.5. The molecular formula is C24H30ClF2N3O2. The highest BCUT2D eigenvalue weighted by Gasteiger charge is 2.36. The highest BCUT2D eigenvalue weighted by Crippen LogP contribution is 2.37. The Morgan fingerprint density at radius 1 is 1.31 bits per heavy atom. The van der Waals surface area contributed by atoms with E-state index in [-0.39, 0.29) is 49.8 Å². The van der Waals surface area contributed by atoms with E-state index in [2.05, 4.69) is 17.1 Å². The van der Waals surface area contributed by atoms with Crippen LogP contribution in [0.2, 0.25) is 5.02 Å². The van der Waals surface area contributed by atoms with Crippen LogP contribution in [0.1, 0.15) is 55.8 Å². The number of amides is 1. The summed E-state index contributed by atoms with van der Waals surface area (Å²) < 4.78 is 27.4. The molecule has 0 spiro atoms. The van der Waals surface area contributed by atoms with Crippen molar-refractivity contribution >= 4 is 34.2 Å². The van der Waals surface area contributed by atoms with Gasteiger partial charge >= 0.3 is 0 Å². The Morgan fingerprint density at radius 3 is 2.84 bits per heavy atom. The summed E-state index contributed by atoms with van der Waals surface area (Å²) in [6.45, 7) is 3.31. The fraction of sp³-hybridized carbons (Fsp3) is 0.583. The van der Waals surface area contributed by atoms with Crippen LogP contribution in [0, 0.1) is 11.8 Å². The van der Waals surface area contributed by atoms with Gasteiger partial charge in [-0.1, -0.05) is 18.5 Å². The Labute approximate surface area is 192 Å². The van der Waals surface area contributed by atoms with Crippen LogP contribution in [0.4, 0.5) is 14.6 Å². The molecule has 0 radical (unpaired) electrons. The molecule has 8 heteroatoms. The number of carbonyl (C=O) groups excluding carboxylic acids is 1. The van der Waals surface area contributed by atoms with Crippen LogP contribution in [-0.2, 0) is 0 Å². The third-order valence-corrected chi connectivity index (χ3v) is 7.27. The van der Waals surface area contributed by atoms with Crippen LogP contribution >= 0.6 is 11.6 Å². The first-order valence-electron chi connectivity index (χ1n) is 11.5. The smallest absolute Gasteiger partial charge is 0.253 e.